The smallest absolute Gasteiger partial charge is 0.0370 e. The van der Waals surface area contributed by atoms with Gasteiger partial charge in [0.25, 0.3) is 0 Å². The fraction of sp³-hybridized carbons (Fsp3) is 0.500. The average Bonchev–Trinajstić information content (AvgIpc) is 2.09. The molecule has 1 aromatic rings. The summed E-state index contributed by atoms with van der Waals surface area (Å²) >= 11 is 0. The second-order valence-corrected chi connectivity index (χ2v) is 3.86. The topological polar surface area (TPSA) is 12.0 Å². The molecule has 0 fully saturated rings. The van der Waals surface area contributed by atoms with Crippen molar-refractivity contribution in [3.8, 4) is 0 Å². The molecule has 0 aromatic heterocycles. The maximum atomic E-state index is 3.20. The monoisotopic (exact) mass is 179 g/mol. The van der Waals surface area contributed by atoms with Crippen LogP contribution in [0.5, 0.6) is 0 Å². The van der Waals surface area contributed by atoms with Crippen LogP contribution in [0.1, 0.15) is 37.9 Å². The summed E-state index contributed by atoms with van der Waals surface area (Å²) in [6, 6.07) is 4.39. The van der Waals surface area contributed by atoms with Crippen LogP contribution in [0.4, 0.5) is 5.69 Å². The van der Waals surface area contributed by atoms with Gasteiger partial charge in [-0.25, -0.2) is 0 Å². The van der Waals surface area contributed by atoms with Gasteiger partial charge in [-0.1, -0.05) is 19.9 Å². The average molecular weight is 179 g/mol. The van der Waals surface area contributed by atoms with E-state index >= 15 is 0 Å². The second-order valence-electron chi connectivity index (χ2n) is 3.86. The van der Waals surface area contributed by atoms with Crippen molar-refractivity contribution in [1.82, 2.24) is 0 Å². The van der Waals surface area contributed by atoms with Crippen LogP contribution >= 0.6 is 0 Å². The first-order valence-electron chi connectivity index (χ1n) is 4.85. The van der Waals surface area contributed by atoms with E-state index in [-0.39, 0.29) is 1.43 Å². The normalized spacial score (nSPS) is 10.6. The Morgan fingerprint density at radius 1 is 1.15 bits per heavy atom. The molecular weight excluding hydrogens is 158 g/mol. The van der Waals surface area contributed by atoms with Crippen LogP contribution in [-0.4, -0.2) is 7.05 Å². The van der Waals surface area contributed by atoms with Crippen molar-refractivity contribution in [3.05, 3.63) is 28.8 Å². The number of nitrogens with one attached hydrogen (secondary N) is 1. The molecule has 1 rings (SSSR count). The lowest BCUT2D eigenvalue weighted by Crippen LogP contribution is -1.99. The van der Waals surface area contributed by atoms with E-state index in [0.29, 0.717) is 5.92 Å². The highest BCUT2D eigenvalue weighted by Crippen LogP contribution is 2.26. The lowest BCUT2D eigenvalue weighted by Gasteiger charge is -2.15. The van der Waals surface area contributed by atoms with E-state index in [4.69, 9.17) is 0 Å². The molecule has 1 nitrogen and oxygen atoms in total. The molecule has 0 bridgehead atoms. The number of anilines is 1. The van der Waals surface area contributed by atoms with Crippen LogP contribution in [0, 0.1) is 13.8 Å². The van der Waals surface area contributed by atoms with Gasteiger partial charge in [-0.15, -0.1) is 0 Å². The van der Waals surface area contributed by atoms with E-state index in [9.17, 15) is 0 Å². The Morgan fingerprint density at radius 2 is 1.77 bits per heavy atom. The predicted octanol–water partition coefficient (Wildman–Crippen LogP) is 3.71. The standard InChI is InChI=1S/C12H19N.H2/c1-8(2)11-6-7-12(13-5)10(4)9(11)3;/h6-8,13H,1-5H3;1H. The first-order chi connectivity index (χ1) is 6.07. The van der Waals surface area contributed by atoms with Gasteiger partial charge in [0.05, 0.1) is 0 Å². The molecule has 0 atom stereocenters. The molecule has 0 unspecified atom stereocenters. The Kier molecular flexibility index (Phi) is 2.97. The molecular formula is C12H21N. The summed E-state index contributed by atoms with van der Waals surface area (Å²) in [4.78, 5) is 0. The molecule has 74 valence electrons. The highest BCUT2D eigenvalue weighted by atomic mass is 14.8. The third-order valence-corrected chi connectivity index (χ3v) is 2.72. The molecule has 1 heteroatoms. The zero-order valence-corrected chi connectivity index (χ0v) is 9.23. The van der Waals surface area contributed by atoms with Crippen molar-refractivity contribution < 1.29 is 1.43 Å². The Balaban J connectivity index is 0.00000169. The van der Waals surface area contributed by atoms with Crippen molar-refractivity contribution in [3.63, 3.8) is 0 Å². The molecule has 0 amide bonds. The van der Waals surface area contributed by atoms with E-state index < -0.39 is 0 Å². The fourth-order valence-corrected chi connectivity index (χ4v) is 1.74. The van der Waals surface area contributed by atoms with Crippen molar-refractivity contribution in [2.75, 3.05) is 12.4 Å². The van der Waals surface area contributed by atoms with Gasteiger partial charge in [0, 0.05) is 14.2 Å². The molecule has 1 aromatic carbocycles. The Hall–Kier alpha value is -0.980. The minimum atomic E-state index is 0. The predicted molar refractivity (Wildman–Crippen MR) is 61.7 cm³/mol. The summed E-state index contributed by atoms with van der Waals surface area (Å²) in [5.74, 6) is 0.615. The van der Waals surface area contributed by atoms with E-state index in [2.05, 4.69) is 45.1 Å². The lowest BCUT2D eigenvalue weighted by atomic mass is 9.94. The molecule has 0 radical (unpaired) electrons. The molecule has 0 saturated carbocycles. The van der Waals surface area contributed by atoms with E-state index in [1.807, 2.05) is 7.05 Å². The molecule has 0 aliphatic rings. The molecule has 0 aliphatic heterocycles. The molecule has 0 spiro atoms. The SMILES string of the molecule is CNc1ccc(C(C)C)c(C)c1C.[HH]. The van der Waals surface area contributed by atoms with E-state index in [1.165, 1.54) is 22.4 Å². The highest BCUT2D eigenvalue weighted by Gasteiger charge is 2.07. The third-order valence-electron chi connectivity index (χ3n) is 2.72. The van der Waals surface area contributed by atoms with Crippen LogP contribution < -0.4 is 5.32 Å². The summed E-state index contributed by atoms with van der Waals surface area (Å²) in [5, 5.41) is 3.20. The molecule has 0 heterocycles. The fourth-order valence-electron chi connectivity index (χ4n) is 1.74. The second kappa shape index (κ2) is 3.82. The maximum absolute atomic E-state index is 3.20. The van der Waals surface area contributed by atoms with Gasteiger partial charge in [-0.3, -0.25) is 0 Å². The van der Waals surface area contributed by atoms with Gasteiger partial charge >= 0.3 is 0 Å². The van der Waals surface area contributed by atoms with Crippen molar-refractivity contribution >= 4 is 5.69 Å². The largest absolute Gasteiger partial charge is 0.388 e. The van der Waals surface area contributed by atoms with Crippen LogP contribution in [0.15, 0.2) is 12.1 Å². The van der Waals surface area contributed by atoms with Gasteiger partial charge in [-0.2, -0.15) is 0 Å². The van der Waals surface area contributed by atoms with E-state index in [0.717, 1.165) is 0 Å². The Bertz CT molecular complexity index is 305. The summed E-state index contributed by atoms with van der Waals surface area (Å²) < 4.78 is 0. The highest BCUT2D eigenvalue weighted by molar-refractivity contribution is 5.56. The third kappa shape index (κ3) is 1.85. The summed E-state index contributed by atoms with van der Waals surface area (Å²) in [7, 11) is 1.97. The maximum Gasteiger partial charge on any atom is 0.0370 e. The number of hydrogen-bond donors (Lipinski definition) is 1. The van der Waals surface area contributed by atoms with Crippen LogP contribution in [-0.2, 0) is 0 Å². The first-order valence-corrected chi connectivity index (χ1v) is 4.85. The number of hydrogen-bond acceptors (Lipinski definition) is 1. The van der Waals surface area contributed by atoms with Gasteiger partial charge in [0.15, 0.2) is 0 Å². The number of benzene rings is 1. The zero-order chi connectivity index (χ0) is 10.0. The van der Waals surface area contributed by atoms with Crippen molar-refractivity contribution in [1.29, 1.82) is 0 Å². The summed E-state index contributed by atoms with van der Waals surface area (Å²) in [6.45, 7) is 8.85. The quantitative estimate of drug-likeness (QED) is 0.729. The van der Waals surface area contributed by atoms with Gasteiger partial charge in [0.1, 0.15) is 0 Å². The zero-order valence-electron chi connectivity index (χ0n) is 9.23. The van der Waals surface area contributed by atoms with Crippen LogP contribution in [0.2, 0.25) is 0 Å². The summed E-state index contributed by atoms with van der Waals surface area (Å²) in [5.41, 5.74) is 5.48. The van der Waals surface area contributed by atoms with Crippen LogP contribution in [0.25, 0.3) is 0 Å². The van der Waals surface area contributed by atoms with Gasteiger partial charge in [-0.05, 0) is 42.5 Å². The molecule has 0 saturated heterocycles. The number of rotatable bonds is 2. The summed E-state index contributed by atoms with van der Waals surface area (Å²) in [6.07, 6.45) is 0. The molecule has 0 aliphatic carbocycles. The van der Waals surface area contributed by atoms with Crippen molar-refractivity contribution in [2.45, 2.75) is 33.6 Å². The first kappa shape index (κ1) is 10.1. The minimum Gasteiger partial charge on any atom is -0.388 e. The van der Waals surface area contributed by atoms with Crippen LogP contribution in [0.3, 0.4) is 0 Å². The lowest BCUT2D eigenvalue weighted by molar-refractivity contribution is 0.854. The molecule has 1 N–H and O–H groups in total. The molecule has 13 heavy (non-hydrogen) atoms. The van der Waals surface area contributed by atoms with Crippen molar-refractivity contribution in [2.24, 2.45) is 0 Å². The minimum absolute atomic E-state index is 0. The van der Waals surface area contributed by atoms with E-state index in [1.54, 1.807) is 0 Å². The Labute approximate surface area is 82.7 Å². The van der Waals surface area contributed by atoms with Gasteiger partial charge in [0.2, 0.25) is 0 Å². The Morgan fingerprint density at radius 3 is 2.23 bits per heavy atom. The van der Waals surface area contributed by atoms with Gasteiger partial charge < -0.3 is 5.32 Å².